The lowest BCUT2D eigenvalue weighted by atomic mass is 9.96. The highest BCUT2D eigenvalue weighted by Crippen LogP contribution is 2.53. The summed E-state index contributed by atoms with van der Waals surface area (Å²) in [7, 11) is 0. The average Bonchev–Trinajstić information content (AvgIpc) is 4.09. The molecule has 2 saturated carbocycles. The van der Waals surface area contributed by atoms with Gasteiger partial charge >= 0.3 is 0 Å². The number of carbonyl (C=O) groups excluding carboxylic acids is 1. The van der Waals surface area contributed by atoms with Crippen molar-refractivity contribution in [3.63, 3.8) is 0 Å². The molecule has 1 saturated heterocycles. The van der Waals surface area contributed by atoms with Crippen molar-refractivity contribution in [1.82, 2.24) is 15.2 Å². The minimum Gasteiger partial charge on any atom is -0.490 e. The Labute approximate surface area is 304 Å². The predicted octanol–water partition coefficient (Wildman–Crippen LogP) is 3.67. The number of aliphatic hydroxyl groups excluding tert-OH is 4. The first-order valence-corrected chi connectivity index (χ1v) is 18.5. The summed E-state index contributed by atoms with van der Waals surface area (Å²) in [6.45, 7) is 5.03. The third-order valence-electron chi connectivity index (χ3n) is 10.1. The smallest absolute Gasteiger partial charge is 0.251 e. The second-order valence-electron chi connectivity index (χ2n) is 14.0. The second-order valence-corrected chi connectivity index (χ2v) is 14.4. The summed E-state index contributed by atoms with van der Waals surface area (Å²) in [5.41, 5.74) is 5.89. The van der Waals surface area contributed by atoms with Crippen LogP contribution in [0.1, 0.15) is 60.8 Å². The van der Waals surface area contributed by atoms with Gasteiger partial charge in [0.05, 0.1) is 37.6 Å². The van der Waals surface area contributed by atoms with E-state index in [2.05, 4.69) is 29.4 Å². The van der Waals surface area contributed by atoms with E-state index < -0.39 is 35.9 Å². The summed E-state index contributed by atoms with van der Waals surface area (Å²) in [5, 5.41) is 44.6. The Morgan fingerprint density at radius 1 is 1.04 bits per heavy atom. The van der Waals surface area contributed by atoms with Crippen LogP contribution in [0, 0.1) is 6.92 Å². The van der Waals surface area contributed by atoms with Gasteiger partial charge in [-0.05, 0) is 92.3 Å². The molecule has 1 amide bonds. The van der Waals surface area contributed by atoms with Gasteiger partial charge in [-0.3, -0.25) is 14.7 Å². The molecule has 1 aliphatic heterocycles. The lowest BCUT2D eigenvalue weighted by molar-refractivity contribution is -0.148. The van der Waals surface area contributed by atoms with Gasteiger partial charge in [-0.25, -0.2) is 0 Å². The van der Waals surface area contributed by atoms with Crippen LogP contribution in [0.5, 0.6) is 5.75 Å². The van der Waals surface area contributed by atoms with E-state index >= 15 is 0 Å². The highest BCUT2D eigenvalue weighted by Gasteiger charge is 2.48. The van der Waals surface area contributed by atoms with Crippen molar-refractivity contribution in [1.29, 1.82) is 0 Å². The summed E-state index contributed by atoms with van der Waals surface area (Å²) in [5.74, 6) is 0.0916. The maximum atomic E-state index is 12.5. The summed E-state index contributed by atoms with van der Waals surface area (Å²) in [4.78, 5) is 18.8. The average molecular weight is 724 g/mol. The number of ether oxygens (including phenoxy) is 3. The van der Waals surface area contributed by atoms with E-state index in [9.17, 15) is 25.2 Å². The molecule has 3 aromatic rings. The number of hydrogen-bond donors (Lipinski definition) is 5. The molecule has 51 heavy (non-hydrogen) atoms. The van der Waals surface area contributed by atoms with Crippen LogP contribution >= 0.6 is 11.6 Å². The topological polar surface area (TPSA) is 154 Å². The number of aryl methyl sites for hydroxylation is 2. The number of nitrogens with zero attached hydrogens (tertiary/aromatic N) is 2. The molecule has 0 spiro atoms. The van der Waals surface area contributed by atoms with Gasteiger partial charge in [-0.15, -0.1) is 0 Å². The summed E-state index contributed by atoms with van der Waals surface area (Å²) < 4.78 is 18.1. The monoisotopic (exact) mass is 723 g/mol. The number of halogens is 1. The fraction of sp³-hybridized carbons (Fsp3) is 0.538. The molecule has 12 heteroatoms. The SMILES string of the molecule is Cc1cc(COC2(c3cnccc3-c3ccccc3OC3CC3)CC2)c(Cl)cc1CCCCNC(=O)C(O)C(O)C(O)C(O)CN1CCOCC1. The normalized spacial score (nSPS) is 19.6. The van der Waals surface area contributed by atoms with Crippen LogP contribution in [-0.2, 0) is 32.9 Å². The molecular weight excluding hydrogens is 674 g/mol. The number of para-hydroxylation sites is 1. The van der Waals surface area contributed by atoms with Crippen LogP contribution in [-0.4, -0.2) is 106 Å². The molecule has 3 aliphatic rings. The first-order valence-electron chi connectivity index (χ1n) is 18.1. The van der Waals surface area contributed by atoms with Crippen LogP contribution < -0.4 is 10.1 Å². The third-order valence-corrected chi connectivity index (χ3v) is 10.4. The Morgan fingerprint density at radius 3 is 2.55 bits per heavy atom. The number of β-amino-alcohol motifs (C(OH)–C–C–N with tert-alkyl or cyclic N) is 1. The Balaban J connectivity index is 0.968. The molecule has 2 aromatic carbocycles. The van der Waals surface area contributed by atoms with Crippen LogP contribution in [0.3, 0.4) is 0 Å². The number of pyridine rings is 1. The van der Waals surface area contributed by atoms with E-state index in [0.29, 0.717) is 50.5 Å². The minimum absolute atomic E-state index is 0.103. The van der Waals surface area contributed by atoms with Crippen molar-refractivity contribution < 1.29 is 39.4 Å². The Bertz CT molecular complexity index is 1630. The molecule has 1 aromatic heterocycles. The number of rotatable bonds is 18. The van der Waals surface area contributed by atoms with E-state index in [1.54, 1.807) is 0 Å². The van der Waals surface area contributed by atoms with Gasteiger partial charge < -0.3 is 40.0 Å². The van der Waals surface area contributed by atoms with Gasteiger partial charge in [-0.2, -0.15) is 0 Å². The number of carbonyl (C=O) groups is 1. The molecule has 3 fully saturated rings. The molecule has 11 nitrogen and oxygen atoms in total. The molecule has 4 unspecified atom stereocenters. The first-order chi connectivity index (χ1) is 24.6. The summed E-state index contributed by atoms with van der Waals surface area (Å²) in [6, 6.07) is 14.3. The van der Waals surface area contributed by atoms with Crippen molar-refractivity contribution in [2.24, 2.45) is 0 Å². The van der Waals surface area contributed by atoms with Gasteiger partial charge in [0.25, 0.3) is 5.91 Å². The number of amides is 1. The molecule has 0 radical (unpaired) electrons. The highest BCUT2D eigenvalue weighted by molar-refractivity contribution is 6.31. The van der Waals surface area contributed by atoms with Crippen LogP contribution in [0.15, 0.2) is 54.9 Å². The summed E-state index contributed by atoms with van der Waals surface area (Å²) in [6.07, 6.45) is 3.45. The largest absolute Gasteiger partial charge is 0.490 e. The van der Waals surface area contributed by atoms with Gasteiger partial charge in [-0.1, -0.05) is 35.9 Å². The number of benzene rings is 2. The van der Waals surface area contributed by atoms with Crippen molar-refractivity contribution >= 4 is 17.5 Å². The molecule has 0 bridgehead atoms. The lowest BCUT2D eigenvalue weighted by Gasteiger charge is -2.32. The quantitative estimate of drug-likeness (QED) is 0.123. The molecule has 276 valence electrons. The molecule has 4 atom stereocenters. The molecule has 2 heterocycles. The standard InChI is InChI=1S/C39H50ClN3O8/c1-25-20-27(24-50-39(12-13-39)31-22-41-15-11-29(31)30-7-2-3-8-34(30)51-28-9-10-28)32(40)21-26(25)6-4-5-14-42-38(48)37(47)36(46)35(45)33(44)23-43-16-18-49-19-17-43/h2-3,7-8,11,15,20-22,28,33,35-37,44-47H,4-6,9-10,12-14,16-19,23-24H2,1H3,(H,42,48). The minimum atomic E-state index is -1.87. The number of aliphatic hydroxyl groups is 4. The molecule has 6 rings (SSSR count). The van der Waals surface area contributed by atoms with Gasteiger partial charge in [0, 0.05) is 54.7 Å². The molecule has 2 aliphatic carbocycles. The zero-order chi connectivity index (χ0) is 36.0. The highest BCUT2D eigenvalue weighted by atomic mass is 35.5. The van der Waals surface area contributed by atoms with Crippen molar-refractivity contribution in [3.8, 4) is 16.9 Å². The number of aromatic nitrogens is 1. The zero-order valence-corrected chi connectivity index (χ0v) is 29.9. The third kappa shape index (κ3) is 9.65. The zero-order valence-electron chi connectivity index (χ0n) is 29.2. The van der Waals surface area contributed by atoms with E-state index in [-0.39, 0.29) is 13.1 Å². The van der Waals surface area contributed by atoms with Crippen molar-refractivity contribution in [2.45, 2.75) is 94.6 Å². The van der Waals surface area contributed by atoms with Crippen molar-refractivity contribution in [3.05, 3.63) is 82.1 Å². The van der Waals surface area contributed by atoms with Gasteiger partial charge in [0.1, 0.15) is 18.0 Å². The Hall–Kier alpha value is -3.13. The van der Waals surface area contributed by atoms with E-state index in [4.69, 9.17) is 25.8 Å². The number of hydrogen-bond acceptors (Lipinski definition) is 10. The van der Waals surface area contributed by atoms with Crippen LogP contribution in [0.4, 0.5) is 0 Å². The molecular formula is C39H50ClN3O8. The van der Waals surface area contributed by atoms with Gasteiger partial charge in [0.2, 0.25) is 0 Å². The van der Waals surface area contributed by atoms with Crippen LogP contribution in [0.25, 0.3) is 11.1 Å². The molecule has 5 N–H and O–H groups in total. The predicted molar refractivity (Wildman–Crippen MR) is 192 cm³/mol. The maximum absolute atomic E-state index is 12.5. The van der Waals surface area contributed by atoms with E-state index in [1.807, 2.05) is 47.6 Å². The van der Waals surface area contributed by atoms with Crippen LogP contribution in [0.2, 0.25) is 5.02 Å². The number of unbranched alkanes of at least 4 members (excludes halogenated alkanes) is 1. The summed E-state index contributed by atoms with van der Waals surface area (Å²) >= 11 is 6.78. The van der Waals surface area contributed by atoms with Gasteiger partial charge in [0.15, 0.2) is 6.10 Å². The fourth-order valence-corrected chi connectivity index (χ4v) is 6.86. The Kier molecular flexibility index (Phi) is 12.6. The fourth-order valence-electron chi connectivity index (χ4n) is 6.62. The first kappa shape index (κ1) is 37.6. The number of morpholine rings is 1. The Morgan fingerprint density at radius 2 is 1.80 bits per heavy atom. The second kappa shape index (κ2) is 17.1. The van der Waals surface area contributed by atoms with E-state index in [0.717, 1.165) is 77.7 Å². The van der Waals surface area contributed by atoms with E-state index in [1.165, 1.54) is 0 Å². The number of nitrogens with one attached hydrogen (secondary N) is 1. The maximum Gasteiger partial charge on any atom is 0.251 e. The van der Waals surface area contributed by atoms with Crippen molar-refractivity contribution in [2.75, 3.05) is 39.4 Å². The lowest BCUT2D eigenvalue weighted by Crippen LogP contribution is -2.54.